The van der Waals surface area contributed by atoms with Gasteiger partial charge in [0.05, 0.1) is 28.1 Å². The zero-order chi connectivity index (χ0) is 22.8. The van der Waals surface area contributed by atoms with E-state index in [0.717, 1.165) is 19.3 Å². The molecular weight excluding hydrogens is 443 g/mol. The van der Waals surface area contributed by atoms with Gasteiger partial charge in [0.25, 0.3) is 5.91 Å². The number of hydrogen-bond donors (Lipinski definition) is 3. The molecule has 1 unspecified atom stereocenters. The van der Waals surface area contributed by atoms with Gasteiger partial charge in [-0.2, -0.15) is 0 Å². The monoisotopic (exact) mass is 472 g/mol. The van der Waals surface area contributed by atoms with E-state index in [9.17, 15) is 19.6 Å². The fraction of sp³-hybridized carbons (Fsp3) is 0.571. The Labute approximate surface area is 192 Å². The first-order valence-electron chi connectivity index (χ1n) is 10.6. The third-order valence-electron chi connectivity index (χ3n) is 5.42. The molecule has 1 saturated heterocycles. The Kier molecular flexibility index (Phi) is 10.5. The molecule has 1 fully saturated rings. The molecule has 1 heterocycles. The molecule has 1 aromatic carbocycles. The minimum atomic E-state index is -0.499. The summed E-state index contributed by atoms with van der Waals surface area (Å²) >= 11 is 12.2. The molecule has 0 spiro atoms. The first kappa shape index (κ1) is 25.4. The minimum absolute atomic E-state index is 0.00965. The van der Waals surface area contributed by atoms with Crippen molar-refractivity contribution in [3.63, 3.8) is 0 Å². The molecule has 1 aromatic rings. The maximum absolute atomic E-state index is 12.7. The van der Waals surface area contributed by atoms with E-state index in [1.165, 1.54) is 0 Å². The quantitative estimate of drug-likeness (QED) is 0.198. The van der Waals surface area contributed by atoms with E-state index < -0.39 is 5.92 Å². The first-order valence-corrected chi connectivity index (χ1v) is 11.3. The fourth-order valence-corrected chi connectivity index (χ4v) is 3.94. The van der Waals surface area contributed by atoms with Crippen molar-refractivity contribution in [3.8, 4) is 0 Å². The molecule has 0 radical (unpaired) electrons. The van der Waals surface area contributed by atoms with Gasteiger partial charge < -0.3 is 4.90 Å². The topological polar surface area (TPSA) is 102 Å². The summed E-state index contributed by atoms with van der Waals surface area (Å²) in [5.41, 5.74) is 6.13. The van der Waals surface area contributed by atoms with E-state index in [1.807, 2.05) is 0 Å². The first-order chi connectivity index (χ1) is 14.9. The lowest BCUT2D eigenvalue weighted by Crippen LogP contribution is -2.52. The van der Waals surface area contributed by atoms with Gasteiger partial charge in [-0.05, 0) is 31.4 Å². The van der Waals surface area contributed by atoms with E-state index in [-0.39, 0.29) is 29.4 Å². The molecule has 1 aliphatic heterocycles. The van der Waals surface area contributed by atoms with E-state index in [0.29, 0.717) is 54.4 Å². The Bertz CT molecular complexity index is 757. The molecule has 1 aliphatic rings. The number of hydrazine groups is 1. The van der Waals surface area contributed by atoms with Crippen molar-refractivity contribution in [2.24, 2.45) is 5.92 Å². The van der Waals surface area contributed by atoms with Crippen LogP contribution in [0.25, 0.3) is 0 Å². The SMILES string of the molecule is CCCCCC(CN(O)C=O)C(=O)NNC1CCN(C(=O)c2cccc(Cl)c2Cl)CC1. The predicted octanol–water partition coefficient (Wildman–Crippen LogP) is 3.26. The van der Waals surface area contributed by atoms with Crippen molar-refractivity contribution in [1.29, 1.82) is 0 Å². The molecule has 31 heavy (non-hydrogen) atoms. The normalized spacial score (nSPS) is 15.4. The zero-order valence-corrected chi connectivity index (χ0v) is 19.2. The summed E-state index contributed by atoms with van der Waals surface area (Å²) in [6.07, 6.45) is 5.03. The number of nitrogens with zero attached hydrogens (tertiary/aromatic N) is 2. The highest BCUT2D eigenvalue weighted by molar-refractivity contribution is 6.43. The van der Waals surface area contributed by atoms with Crippen LogP contribution < -0.4 is 10.9 Å². The van der Waals surface area contributed by atoms with Crippen LogP contribution >= 0.6 is 23.2 Å². The molecule has 3 N–H and O–H groups in total. The summed E-state index contributed by atoms with van der Waals surface area (Å²) in [4.78, 5) is 37.7. The molecule has 3 amide bonds. The molecule has 10 heteroatoms. The van der Waals surface area contributed by atoms with Crippen LogP contribution in [-0.4, -0.2) is 59.1 Å². The van der Waals surface area contributed by atoms with Crippen molar-refractivity contribution in [3.05, 3.63) is 33.8 Å². The Morgan fingerprint density at radius 1 is 1.29 bits per heavy atom. The van der Waals surface area contributed by atoms with E-state index in [1.54, 1.807) is 23.1 Å². The molecule has 0 aliphatic carbocycles. The van der Waals surface area contributed by atoms with Crippen LogP contribution in [0.4, 0.5) is 0 Å². The minimum Gasteiger partial charge on any atom is -0.338 e. The Morgan fingerprint density at radius 3 is 2.65 bits per heavy atom. The van der Waals surface area contributed by atoms with Gasteiger partial charge in [0.15, 0.2) is 0 Å². The van der Waals surface area contributed by atoms with Gasteiger partial charge in [-0.15, -0.1) is 0 Å². The Balaban J connectivity index is 1.83. The second-order valence-corrected chi connectivity index (χ2v) is 8.51. The van der Waals surface area contributed by atoms with Gasteiger partial charge in [0, 0.05) is 19.1 Å². The van der Waals surface area contributed by atoms with Gasteiger partial charge in [0.2, 0.25) is 12.3 Å². The number of halogens is 2. The molecule has 0 aromatic heterocycles. The van der Waals surface area contributed by atoms with Crippen molar-refractivity contribution in [1.82, 2.24) is 20.8 Å². The summed E-state index contributed by atoms with van der Waals surface area (Å²) in [6, 6.07) is 5.00. The number of rotatable bonds is 11. The lowest BCUT2D eigenvalue weighted by atomic mass is 10.0. The molecule has 1 atom stereocenters. The van der Waals surface area contributed by atoms with Gasteiger partial charge in [0.1, 0.15) is 0 Å². The van der Waals surface area contributed by atoms with Crippen LogP contribution in [0.5, 0.6) is 0 Å². The number of likely N-dealkylation sites (tertiary alicyclic amines) is 1. The number of amides is 3. The van der Waals surface area contributed by atoms with Gasteiger partial charge >= 0.3 is 0 Å². The van der Waals surface area contributed by atoms with Crippen LogP contribution in [0.1, 0.15) is 55.8 Å². The van der Waals surface area contributed by atoms with E-state index in [4.69, 9.17) is 23.2 Å². The van der Waals surface area contributed by atoms with Crippen molar-refractivity contribution in [2.45, 2.75) is 51.5 Å². The molecule has 172 valence electrons. The number of unbranched alkanes of at least 4 members (excludes halogenated alkanes) is 2. The van der Waals surface area contributed by atoms with Crippen molar-refractivity contribution >= 4 is 41.4 Å². The smallest absolute Gasteiger partial charge is 0.255 e. The van der Waals surface area contributed by atoms with Gasteiger partial charge in [-0.25, -0.2) is 10.5 Å². The average molecular weight is 473 g/mol. The third kappa shape index (κ3) is 7.64. The second-order valence-electron chi connectivity index (χ2n) is 7.72. The van der Waals surface area contributed by atoms with E-state index in [2.05, 4.69) is 17.8 Å². The molecule has 0 bridgehead atoms. The number of hydrogen-bond acceptors (Lipinski definition) is 5. The number of carbonyl (C=O) groups is 3. The lowest BCUT2D eigenvalue weighted by molar-refractivity contribution is -0.154. The van der Waals surface area contributed by atoms with Crippen molar-refractivity contribution in [2.75, 3.05) is 19.6 Å². The summed E-state index contributed by atoms with van der Waals surface area (Å²) in [6.45, 7) is 3.06. The summed E-state index contributed by atoms with van der Waals surface area (Å²) in [5, 5.41) is 10.6. The zero-order valence-electron chi connectivity index (χ0n) is 17.7. The largest absolute Gasteiger partial charge is 0.338 e. The number of nitrogens with one attached hydrogen (secondary N) is 2. The van der Waals surface area contributed by atoms with Crippen LogP contribution in [0.15, 0.2) is 18.2 Å². The average Bonchev–Trinajstić information content (AvgIpc) is 2.78. The van der Waals surface area contributed by atoms with Crippen molar-refractivity contribution < 1.29 is 19.6 Å². The standard InChI is InChI=1S/C21H30Cl2N4O4/c1-2-3-4-6-15(13-27(31)14-28)20(29)25-24-16-9-11-26(12-10-16)21(30)17-7-5-8-18(22)19(17)23/h5,7-8,14-16,24,31H,2-4,6,9-13H2,1H3,(H,25,29). The highest BCUT2D eigenvalue weighted by Crippen LogP contribution is 2.27. The third-order valence-corrected chi connectivity index (χ3v) is 6.24. The fourth-order valence-electron chi connectivity index (χ4n) is 3.56. The van der Waals surface area contributed by atoms with Crippen LogP contribution in [-0.2, 0) is 9.59 Å². The summed E-state index contributed by atoms with van der Waals surface area (Å²) < 4.78 is 0. The number of benzene rings is 1. The maximum atomic E-state index is 12.7. The molecule has 8 nitrogen and oxygen atoms in total. The lowest BCUT2D eigenvalue weighted by Gasteiger charge is -2.33. The Morgan fingerprint density at radius 2 is 2.00 bits per heavy atom. The van der Waals surface area contributed by atoms with Crippen LogP contribution in [0.3, 0.4) is 0 Å². The second kappa shape index (κ2) is 12.9. The number of carbonyl (C=O) groups excluding carboxylic acids is 3. The van der Waals surface area contributed by atoms with Gasteiger partial charge in [-0.3, -0.25) is 25.0 Å². The number of piperidine rings is 1. The van der Waals surface area contributed by atoms with E-state index >= 15 is 0 Å². The van der Waals surface area contributed by atoms with Crippen LogP contribution in [0, 0.1) is 5.92 Å². The maximum Gasteiger partial charge on any atom is 0.255 e. The molecular formula is C21H30Cl2N4O4. The Hall–Kier alpha value is -1.87. The molecule has 0 saturated carbocycles. The summed E-state index contributed by atoms with van der Waals surface area (Å²) in [5.74, 6) is -0.926. The predicted molar refractivity (Wildman–Crippen MR) is 119 cm³/mol. The molecule has 2 rings (SSSR count). The summed E-state index contributed by atoms with van der Waals surface area (Å²) in [7, 11) is 0. The van der Waals surface area contributed by atoms with Crippen LogP contribution in [0.2, 0.25) is 10.0 Å². The number of hydroxylamine groups is 2. The highest BCUT2D eigenvalue weighted by Gasteiger charge is 2.26. The van der Waals surface area contributed by atoms with Gasteiger partial charge in [-0.1, -0.05) is 55.5 Å². The highest BCUT2D eigenvalue weighted by atomic mass is 35.5.